The standard InChI is InChI=1S/C22H21N5O5S2/c28-22-26-13-2-1-6-21(26)23-27(22)15-16-4-3-5-18(14-16)25-34(31,32)20-11-9-19(10-12-20)33(29,30)24-17-7-8-17/h1-6,9-14,17,24-25H,7-8,15H2. The maximum Gasteiger partial charge on any atom is 0.350 e. The van der Waals surface area contributed by atoms with Gasteiger partial charge in [0.2, 0.25) is 10.0 Å². The molecule has 0 unspecified atom stereocenters. The number of anilines is 1. The molecule has 0 atom stereocenters. The maximum atomic E-state index is 12.8. The summed E-state index contributed by atoms with van der Waals surface area (Å²) >= 11 is 0. The molecule has 0 bridgehead atoms. The van der Waals surface area contributed by atoms with Gasteiger partial charge in [-0.3, -0.25) is 9.12 Å². The number of benzene rings is 2. The van der Waals surface area contributed by atoms with Gasteiger partial charge in [-0.25, -0.2) is 31.0 Å². The van der Waals surface area contributed by atoms with E-state index in [0.29, 0.717) is 16.9 Å². The minimum absolute atomic E-state index is 0.0123. The number of nitrogens with one attached hydrogen (secondary N) is 2. The zero-order valence-electron chi connectivity index (χ0n) is 17.8. The van der Waals surface area contributed by atoms with Crippen molar-refractivity contribution < 1.29 is 16.8 Å². The molecular weight excluding hydrogens is 478 g/mol. The van der Waals surface area contributed by atoms with Crippen molar-refractivity contribution in [2.75, 3.05) is 4.72 Å². The maximum absolute atomic E-state index is 12.8. The second-order valence-electron chi connectivity index (χ2n) is 8.04. The molecule has 4 aromatic rings. The lowest BCUT2D eigenvalue weighted by atomic mass is 10.2. The summed E-state index contributed by atoms with van der Waals surface area (Å²) in [6.07, 6.45) is 3.24. The average Bonchev–Trinajstić information content (AvgIpc) is 3.56. The number of pyridine rings is 1. The number of aromatic nitrogens is 3. The summed E-state index contributed by atoms with van der Waals surface area (Å²) in [7, 11) is -7.63. The molecule has 2 heterocycles. The molecule has 176 valence electrons. The molecule has 34 heavy (non-hydrogen) atoms. The molecule has 5 rings (SSSR count). The van der Waals surface area contributed by atoms with Crippen molar-refractivity contribution in [3.8, 4) is 0 Å². The average molecular weight is 500 g/mol. The van der Waals surface area contributed by atoms with E-state index in [1.807, 2.05) is 0 Å². The molecule has 0 spiro atoms. The van der Waals surface area contributed by atoms with Gasteiger partial charge in [0.25, 0.3) is 10.0 Å². The summed E-state index contributed by atoms with van der Waals surface area (Å²) < 4.78 is 58.1. The first kappa shape index (κ1) is 22.3. The summed E-state index contributed by atoms with van der Waals surface area (Å²) in [4.78, 5) is 12.4. The van der Waals surface area contributed by atoms with Crippen LogP contribution in [-0.2, 0) is 26.6 Å². The summed E-state index contributed by atoms with van der Waals surface area (Å²) in [6, 6.07) is 16.9. The van der Waals surface area contributed by atoms with E-state index >= 15 is 0 Å². The van der Waals surface area contributed by atoms with Crippen LogP contribution in [0.1, 0.15) is 18.4 Å². The third-order valence-corrected chi connectivity index (χ3v) is 8.28. The first-order valence-electron chi connectivity index (χ1n) is 10.5. The minimum Gasteiger partial charge on any atom is -0.280 e. The summed E-state index contributed by atoms with van der Waals surface area (Å²) in [5, 5.41) is 4.28. The molecule has 1 aliphatic carbocycles. The van der Waals surface area contributed by atoms with Crippen LogP contribution in [0.25, 0.3) is 5.65 Å². The Labute approximate surface area is 196 Å². The van der Waals surface area contributed by atoms with Gasteiger partial charge in [0.15, 0.2) is 5.65 Å². The van der Waals surface area contributed by atoms with Gasteiger partial charge in [-0.15, -0.1) is 5.10 Å². The highest BCUT2D eigenvalue weighted by molar-refractivity contribution is 7.92. The van der Waals surface area contributed by atoms with Gasteiger partial charge in [0.1, 0.15) is 0 Å². The highest BCUT2D eigenvalue weighted by Gasteiger charge is 2.28. The number of hydrogen-bond acceptors (Lipinski definition) is 6. The second kappa shape index (κ2) is 8.38. The monoisotopic (exact) mass is 499 g/mol. The van der Waals surface area contributed by atoms with Crippen molar-refractivity contribution in [2.24, 2.45) is 0 Å². The third kappa shape index (κ3) is 4.60. The highest BCUT2D eigenvalue weighted by atomic mass is 32.2. The van der Waals surface area contributed by atoms with Gasteiger partial charge in [0.05, 0.1) is 16.3 Å². The molecule has 12 heteroatoms. The number of rotatable bonds is 8. The van der Waals surface area contributed by atoms with Crippen molar-refractivity contribution in [1.29, 1.82) is 0 Å². The van der Waals surface area contributed by atoms with Crippen LogP contribution in [0.4, 0.5) is 5.69 Å². The van der Waals surface area contributed by atoms with Crippen LogP contribution in [-0.4, -0.2) is 37.1 Å². The van der Waals surface area contributed by atoms with Crippen LogP contribution in [0.15, 0.2) is 87.5 Å². The highest BCUT2D eigenvalue weighted by Crippen LogP contribution is 2.23. The van der Waals surface area contributed by atoms with E-state index < -0.39 is 20.0 Å². The fraction of sp³-hybridized carbons (Fsp3) is 0.182. The Hall–Kier alpha value is -3.48. The van der Waals surface area contributed by atoms with Crippen LogP contribution < -0.4 is 15.1 Å². The first-order chi connectivity index (χ1) is 16.2. The Kier molecular flexibility index (Phi) is 5.50. The smallest absolute Gasteiger partial charge is 0.280 e. The van der Waals surface area contributed by atoms with E-state index in [2.05, 4.69) is 14.5 Å². The van der Waals surface area contributed by atoms with E-state index in [0.717, 1.165) is 12.8 Å². The van der Waals surface area contributed by atoms with E-state index in [9.17, 15) is 21.6 Å². The molecule has 2 N–H and O–H groups in total. The zero-order chi connectivity index (χ0) is 23.9. The van der Waals surface area contributed by atoms with E-state index in [-0.39, 0.29) is 28.1 Å². The summed E-state index contributed by atoms with van der Waals surface area (Å²) in [5.74, 6) is 0. The zero-order valence-corrected chi connectivity index (χ0v) is 19.5. The molecule has 0 aliphatic heterocycles. The molecule has 2 aromatic carbocycles. The Morgan fingerprint density at radius 3 is 2.26 bits per heavy atom. The number of nitrogens with zero attached hydrogens (tertiary/aromatic N) is 3. The number of fused-ring (bicyclic) bond motifs is 1. The quantitative estimate of drug-likeness (QED) is 0.380. The predicted octanol–water partition coefficient (Wildman–Crippen LogP) is 1.79. The Morgan fingerprint density at radius 2 is 1.59 bits per heavy atom. The van der Waals surface area contributed by atoms with Crippen LogP contribution in [0.5, 0.6) is 0 Å². The third-order valence-electron chi connectivity index (χ3n) is 5.34. The van der Waals surface area contributed by atoms with Gasteiger partial charge in [0, 0.05) is 17.9 Å². The van der Waals surface area contributed by atoms with Gasteiger partial charge < -0.3 is 0 Å². The van der Waals surface area contributed by atoms with Crippen LogP contribution in [0, 0.1) is 0 Å². The lowest BCUT2D eigenvalue weighted by Crippen LogP contribution is -2.25. The summed E-state index contributed by atoms with van der Waals surface area (Å²) in [6.45, 7) is 0.163. The lowest BCUT2D eigenvalue weighted by Gasteiger charge is -2.11. The summed E-state index contributed by atoms with van der Waals surface area (Å²) in [5.41, 5.74) is 1.20. The van der Waals surface area contributed by atoms with Gasteiger partial charge >= 0.3 is 5.69 Å². The van der Waals surface area contributed by atoms with Crippen LogP contribution in [0.3, 0.4) is 0 Å². The number of sulfonamides is 2. The topological polar surface area (TPSA) is 132 Å². The molecule has 0 radical (unpaired) electrons. The SMILES string of the molecule is O=c1n(Cc2cccc(NS(=O)(=O)c3ccc(S(=O)(=O)NC4CC4)cc3)c2)nc2ccccn12. The Balaban J connectivity index is 1.34. The van der Waals surface area contributed by atoms with E-state index in [4.69, 9.17) is 0 Å². The first-order valence-corrected chi connectivity index (χ1v) is 13.5. The molecular formula is C22H21N5O5S2. The van der Waals surface area contributed by atoms with Gasteiger partial charge in [-0.1, -0.05) is 18.2 Å². The molecule has 0 amide bonds. The van der Waals surface area contributed by atoms with Gasteiger partial charge in [-0.05, 0) is 66.9 Å². The molecule has 1 aliphatic rings. The van der Waals surface area contributed by atoms with Crippen molar-refractivity contribution >= 4 is 31.4 Å². The van der Waals surface area contributed by atoms with Crippen molar-refractivity contribution in [3.63, 3.8) is 0 Å². The second-order valence-corrected chi connectivity index (χ2v) is 11.4. The molecule has 1 saturated carbocycles. The number of hydrogen-bond donors (Lipinski definition) is 2. The van der Waals surface area contributed by atoms with Crippen LogP contribution >= 0.6 is 0 Å². The van der Waals surface area contributed by atoms with E-state index in [1.54, 1.807) is 48.7 Å². The fourth-order valence-corrected chi connectivity index (χ4v) is 5.83. The van der Waals surface area contributed by atoms with Crippen molar-refractivity contribution in [3.05, 3.63) is 89.0 Å². The Morgan fingerprint density at radius 1 is 0.882 bits per heavy atom. The lowest BCUT2D eigenvalue weighted by molar-refractivity contribution is 0.580. The predicted molar refractivity (Wildman–Crippen MR) is 126 cm³/mol. The molecule has 2 aromatic heterocycles. The fourth-order valence-electron chi connectivity index (χ4n) is 3.48. The van der Waals surface area contributed by atoms with Crippen molar-refractivity contribution in [1.82, 2.24) is 18.9 Å². The molecule has 0 saturated heterocycles. The largest absolute Gasteiger partial charge is 0.350 e. The van der Waals surface area contributed by atoms with Crippen molar-refractivity contribution in [2.45, 2.75) is 35.2 Å². The molecule has 10 nitrogen and oxygen atoms in total. The normalized spacial score (nSPS) is 14.4. The van der Waals surface area contributed by atoms with Gasteiger partial charge in [-0.2, -0.15) is 0 Å². The Bertz CT molecular complexity index is 1640. The minimum atomic E-state index is -3.96. The van der Waals surface area contributed by atoms with E-state index in [1.165, 1.54) is 33.3 Å². The van der Waals surface area contributed by atoms with Crippen LogP contribution in [0.2, 0.25) is 0 Å². The molecule has 1 fully saturated rings.